The van der Waals surface area contributed by atoms with Gasteiger partial charge in [0, 0.05) is 11.1 Å². The van der Waals surface area contributed by atoms with Crippen molar-refractivity contribution >= 4 is 11.9 Å². The molecule has 0 atom stereocenters. The molecule has 0 fully saturated rings. The molecule has 0 heterocycles. The van der Waals surface area contributed by atoms with Crippen LogP contribution < -0.4 is 18.9 Å². The number of rotatable bonds is 9. The monoisotopic (exact) mass is 418 g/mol. The van der Waals surface area contributed by atoms with Crippen molar-refractivity contribution < 1.29 is 23.7 Å². The summed E-state index contributed by atoms with van der Waals surface area (Å²) in [6, 6.07) is 18.7. The van der Waals surface area contributed by atoms with Gasteiger partial charge in [-0.2, -0.15) is 0 Å². The fraction of sp³-hybridized carbons (Fsp3) is 0.192. The van der Waals surface area contributed by atoms with Gasteiger partial charge in [-0.3, -0.25) is 4.79 Å². The molecule has 5 heteroatoms. The van der Waals surface area contributed by atoms with Crippen molar-refractivity contribution in [1.29, 1.82) is 0 Å². The largest absolute Gasteiger partial charge is 0.496 e. The van der Waals surface area contributed by atoms with E-state index in [0.717, 1.165) is 28.2 Å². The first-order valence-electron chi connectivity index (χ1n) is 9.85. The molecule has 3 aromatic rings. The third kappa shape index (κ3) is 5.45. The average Bonchev–Trinajstić information content (AvgIpc) is 2.81. The fourth-order valence-corrected chi connectivity index (χ4v) is 3.15. The maximum Gasteiger partial charge on any atom is 0.185 e. The molecule has 0 bridgehead atoms. The van der Waals surface area contributed by atoms with Crippen LogP contribution in [-0.2, 0) is 6.61 Å². The molecule has 5 nitrogen and oxygen atoms in total. The van der Waals surface area contributed by atoms with Crippen molar-refractivity contribution in [2.75, 3.05) is 21.3 Å². The van der Waals surface area contributed by atoms with Gasteiger partial charge in [-0.1, -0.05) is 30.3 Å². The number of para-hydroxylation sites is 1. The van der Waals surface area contributed by atoms with Gasteiger partial charge in [0.15, 0.2) is 17.3 Å². The Bertz CT molecular complexity index is 1080. The zero-order valence-corrected chi connectivity index (χ0v) is 18.2. The van der Waals surface area contributed by atoms with Crippen LogP contribution in [0.5, 0.6) is 23.0 Å². The first kappa shape index (κ1) is 22.0. The lowest BCUT2D eigenvalue weighted by Gasteiger charge is -2.12. The quantitative estimate of drug-likeness (QED) is 0.339. The lowest BCUT2D eigenvalue weighted by atomic mass is 10.1. The lowest BCUT2D eigenvalue weighted by molar-refractivity contribution is 0.104. The van der Waals surface area contributed by atoms with Crippen LogP contribution in [0.2, 0.25) is 0 Å². The number of allylic oxidation sites excluding steroid dienone is 1. The Kier molecular flexibility index (Phi) is 7.33. The van der Waals surface area contributed by atoms with Crippen LogP contribution in [0.25, 0.3) is 6.08 Å². The molecular formula is C26H26O5. The Balaban J connectivity index is 1.77. The van der Waals surface area contributed by atoms with Gasteiger partial charge >= 0.3 is 0 Å². The minimum atomic E-state index is -0.130. The van der Waals surface area contributed by atoms with Crippen molar-refractivity contribution in [3.05, 3.63) is 89.0 Å². The highest BCUT2D eigenvalue weighted by molar-refractivity contribution is 6.07. The summed E-state index contributed by atoms with van der Waals surface area (Å²) < 4.78 is 21.9. The smallest absolute Gasteiger partial charge is 0.185 e. The summed E-state index contributed by atoms with van der Waals surface area (Å²) in [5, 5.41) is 0. The number of hydrogen-bond donors (Lipinski definition) is 0. The van der Waals surface area contributed by atoms with Gasteiger partial charge in [0.25, 0.3) is 0 Å². The molecule has 0 saturated carbocycles. The van der Waals surface area contributed by atoms with E-state index in [1.165, 1.54) is 6.08 Å². The second-order valence-corrected chi connectivity index (χ2v) is 6.89. The molecular weight excluding hydrogens is 392 g/mol. The van der Waals surface area contributed by atoms with Gasteiger partial charge < -0.3 is 18.9 Å². The second kappa shape index (κ2) is 10.3. The molecule has 0 spiro atoms. The van der Waals surface area contributed by atoms with Crippen LogP contribution in [0, 0.1) is 6.92 Å². The summed E-state index contributed by atoms with van der Waals surface area (Å²) in [5.74, 6) is 2.53. The highest BCUT2D eigenvalue weighted by Gasteiger charge is 2.10. The summed E-state index contributed by atoms with van der Waals surface area (Å²) in [6.07, 6.45) is 3.31. The Hall–Kier alpha value is -3.73. The molecule has 0 radical (unpaired) electrons. The number of aryl methyl sites for hydroxylation is 1. The van der Waals surface area contributed by atoms with E-state index < -0.39 is 0 Å². The highest BCUT2D eigenvalue weighted by atomic mass is 16.5. The van der Waals surface area contributed by atoms with E-state index in [-0.39, 0.29) is 5.78 Å². The Morgan fingerprint density at radius 1 is 0.806 bits per heavy atom. The minimum Gasteiger partial charge on any atom is -0.496 e. The van der Waals surface area contributed by atoms with Gasteiger partial charge in [0.2, 0.25) is 0 Å². The third-order valence-electron chi connectivity index (χ3n) is 4.88. The molecule has 0 N–H and O–H groups in total. The number of carbonyl (C=O) groups is 1. The first-order chi connectivity index (χ1) is 15.0. The summed E-state index contributed by atoms with van der Waals surface area (Å²) in [6.45, 7) is 2.37. The normalized spacial score (nSPS) is 10.7. The van der Waals surface area contributed by atoms with E-state index in [4.69, 9.17) is 18.9 Å². The van der Waals surface area contributed by atoms with Crippen LogP contribution in [0.1, 0.15) is 27.0 Å². The molecule has 0 amide bonds. The van der Waals surface area contributed by atoms with Gasteiger partial charge in [0.05, 0.1) is 21.3 Å². The van der Waals surface area contributed by atoms with Crippen molar-refractivity contribution in [2.24, 2.45) is 0 Å². The Morgan fingerprint density at radius 2 is 1.52 bits per heavy atom. The maximum atomic E-state index is 12.6. The highest BCUT2D eigenvalue weighted by Crippen LogP contribution is 2.28. The maximum absolute atomic E-state index is 12.6. The minimum absolute atomic E-state index is 0.130. The molecule has 0 saturated heterocycles. The molecule has 160 valence electrons. The molecule has 31 heavy (non-hydrogen) atoms. The predicted molar refractivity (Wildman–Crippen MR) is 121 cm³/mol. The second-order valence-electron chi connectivity index (χ2n) is 6.89. The standard InChI is InChI=1S/C26H26O5/c1-18-7-5-6-8-23(18)31-17-21-15-19(10-13-24(21)28-2)9-12-22(27)20-11-14-25(29-3)26(16-20)30-4/h5-16H,17H2,1-4H3/b12-9+. The van der Waals surface area contributed by atoms with Crippen molar-refractivity contribution in [2.45, 2.75) is 13.5 Å². The van der Waals surface area contributed by atoms with E-state index in [1.54, 1.807) is 45.6 Å². The SMILES string of the molecule is COc1ccc(/C=C/C(=O)c2ccc(OC)c(OC)c2)cc1COc1ccccc1C. The molecule has 0 unspecified atom stereocenters. The Morgan fingerprint density at radius 3 is 2.23 bits per heavy atom. The summed E-state index contributed by atoms with van der Waals surface area (Å²) in [4.78, 5) is 12.6. The van der Waals surface area contributed by atoms with Crippen LogP contribution in [0.3, 0.4) is 0 Å². The molecule has 0 aliphatic rings. The summed E-state index contributed by atoms with van der Waals surface area (Å²) >= 11 is 0. The number of benzene rings is 3. The van der Waals surface area contributed by atoms with E-state index in [0.29, 0.717) is 23.7 Å². The summed E-state index contributed by atoms with van der Waals surface area (Å²) in [5.41, 5.74) is 3.35. The van der Waals surface area contributed by atoms with Crippen LogP contribution >= 0.6 is 0 Å². The topological polar surface area (TPSA) is 54.0 Å². The van der Waals surface area contributed by atoms with Crippen LogP contribution in [0.4, 0.5) is 0 Å². The van der Waals surface area contributed by atoms with E-state index in [1.807, 2.05) is 49.4 Å². The summed E-state index contributed by atoms with van der Waals surface area (Å²) in [7, 11) is 4.73. The average molecular weight is 418 g/mol. The van der Waals surface area contributed by atoms with Crippen molar-refractivity contribution in [3.63, 3.8) is 0 Å². The molecule has 0 aromatic heterocycles. The number of ether oxygens (including phenoxy) is 4. The number of methoxy groups -OCH3 is 3. The van der Waals surface area contributed by atoms with Gasteiger partial charge in [0.1, 0.15) is 18.1 Å². The van der Waals surface area contributed by atoms with Crippen LogP contribution in [-0.4, -0.2) is 27.1 Å². The molecule has 0 aliphatic carbocycles. The Labute approximate surface area is 182 Å². The van der Waals surface area contributed by atoms with Gasteiger partial charge in [-0.25, -0.2) is 0 Å². The van der Waals surface area contributed by atoms with E-state index in [9.17, 15) is 4.79 Å². The third-order valence-corrected chi connectivity index (χ3v) is 4.88. The van der Waals surface area contributed by atoms with Crippen LogP contribution in [0.15, 0.2) is 66.7 Å². The zero-order chi connectivity index (χ0) is 22.2. The number of hydrogen-bond acceptors (Lipinski definition) is 5. The predicted octanol–water partition coefficient (Wildman–Crippen LogP) is 5.50. The number of carbonyl (C=O) groups excluding carboxylic acids is 1. The van der Waals surface area contributed by atoms with Crippen molar-refractivity contribution in [1.82, 2.24) is 0 Å². The van der Waals surface area contributed by atoms with E-state index in [2.05, 4.69) is 0 Å². The molecule has 3 aromatic carbocycles. The zero-order valence-electron chi connectivity index (χ0n) is 18.2. The molecule has 0 aliphatic heterocycles. The van der Waals surface area contributed by atoms with Gasteiger partial charge in [-0.05, 0) is 60.5 Å². The fourth-order valence-electron chi connectivity index (χ4n) is 3.15. The number of ketones is 1. The lowest BCUT2D eigenvalue weighted by Crippen LogP contribution is -2.00. The van der Waals surface area contributed by atoms with Gasteiger partial charge in [-0.15, -0.1) is 0 Å². The van der Waals surface area contributed by atoms with E-state index >= 15 is 0 Å². The molecule has 3 rings (SSSR count). The first-order valence-corrected chi connectivity index (χ1v) is 9.85. The van der Waals surface area contributed by atoms with Crippen molar-refractivity contribution in [3.8, 4) is 23.0 Å².